The van der Waals surface area contributed by atoms with Gasteiger partial charge in [-0.3, -0.25) is 4.79 Å². The largest absolute Gasteiger partial charge is 0.497 e. The number of aryl methyl sites for hydroxylation is 1. The van der Waals surface area contributed by atoms with E-state index in [9.17, 15) is 14.7 Å². The molecular weight excluding hydrogens is 382 g/mol. The molecule has 0 radical (unpaired) electrons. The Morgan fingerprint density at radius 3 is 2.83 bits per heavy atom. The summed E-state index contributed by atoms with van der Waals surface area (Å²) in [6, 6.07) is 14.4. The summed E-state index contributed by atoms with van der Waals surface area (Å²) in [6.07, 6.45) is 4.12. The Morgan fingerprint density at radius 2 is 2.03 bits per heavy atom. The van der Waals surface area contributed by atoms with Crippen LogP contribution in [0.1, 0.15) is 12.0 Å². The molecule has 0 saturated carbocycles. The first-order valence-corrected chi connectivity index (χ1v) is 9.75. The second-order valence-electron chi connectivity index (χ2n) is 7.21. The van der Waals surface area contributed by atoms with Crippen LogP contribution in [0.5, 0.6) is 5.75 Å². The Morgan fingerprint density at radius 1 is 1.20 bits per heavy atom. The first-order valence-electron chi connectivity index (χ1n) is 9.75. The first kappa shape index (κ1) is 19.6. The number of aromatic amines is 1. The van der Waals surface area contributed by atoms with Crippen molar-refractivity contribution in [1.82, 2.24) is 14.9 Å². The number of para-hydroxylation sites is 1. The highest BCUT2D eigenvalue weighted by atomic mass is 16.5. The van der Waals surface area contributed by atoms with E-state index >= 15 is 0 Å². The van der Waals surface area contributed by atoms with Crippen LogP contribution in [0.3, 0.4) is 0 Å². The third-order valence-corrected chi connectivity index (χ3v) is 5.29. The van der Waals surface area contributed by atoms with Crippen molar-refractivity contribution in [3.63, 3.8) is 0 Å². The SMILES string of the molecule is COc1ccc2c(ccn2CCC(=O)NC(Cc2c[nH]c3ccccc23)C(=O)O)c1. The minimum absolute atomic E-state index is 0.188. The second kappa shape index (κ2) is 8.32. The summed E-state index contributed by atoms with van der Waals surface area (Å²) >= 11 is 0. The van der Waals surface area contributed by atoms with Crippen molar-refractivity contribution in [1.29, 1.82) is 0 Å². The van der Waals surface area contributed by atoms with E-state index in [-0.39, 0.29) is 18.7 Å². The number of nitrogens with one attached hydrogen (secondary N) is 2. The van der Waals surface area contributed by atoms with E-state index in [0.29, 0.717) is 6.54 Å². The minimum atomic E-state index is -1.05. The van der Waals surface area contributed by atoms with Crippen molar-refractivity contribution in [3.8, 4) is 5.75 Å². The van der Waals surface area contributed by atoms with E-state index in [1.165, 1.54) is 0 Å². The molecule has 0 aliphatic rings. The molecule has 0 spiro atoms. The van der Waals surface area contributed by atoms with Gasteiger partial charge in [0.1, 0.15) is 11.8 Å². The third-order valence-electron chi connectivity index (χ3n) is 5.29. The lowest BCUT2D eigenvalue weighted by molar-refractivity contribution is -0.141. The van der Waals surface area contributed by atoms with Gasteiger partial charge in [-0.05, 0) is 35.9 Å². The van der Waals surface area contributed by atoms with Crippen LogP contribution in [-0.2, 0) is 22.6 Å². The maximum Gasteiger partial charge on any atom is 0.326 e. The monoisotopic (exact) mass is 405 g/mol. The smallest absolute Gasteiger partial charge is 0.326 e. The summed E-state index contributed by atoms with van der Waals surface area (Å²) < 4.78 is 7.21. The number of amides is 1. The number of rotatable bonds is 8. The Hall–Kier alpha value is -3.74. The number of H-pyrrole nitrogens is 1. The molecule has 154 valence electrons. The normalized spacial score (nSPS) is 12.2. The van der Waals surface area contributed by atoms with E-state index in [1.54, 1.807) is 13.3 Å². The topological polar surface area (TPSA) is 96.4 Å². The van der Waals surface area contributed by atoms with Gasteiger partial charge in [-0.25, -0.2) is 4.79 Å². The number of carbonyl (C=O) groups is 2. The fourth-order valence-corrected chi connectivity index (χ4v) is 3.71. The number of benzene rings is 2. The summed E-state index contributed by atoms with van der Waals surface area (Å²) in [4.78, 5) is 27.3. The molecule has 0 aliphatic heterocycles. The molecular formula is C23H23N3O4. The predicted octanol–water partition coefficient (Wildman–Crippen LogP) is 3.33. The van der Waals surface area contributed by atoms with Crippen LogP contribution in [0.2, 0.25) is 0 Å². The zero-order chi connectivity index (χ0) is 21.1. The lowest BCUT2D eigenvalue weighted by atomic mass is 10.0. The Balaban J connectivity index is 1.41. The number of fused-ring (bicyclic) bond motifs is 2. The van der Waals surface area contributed by atoms with Gasteiger partial charge in [0, 0.05) is 53.6 Å². The summed E-state index contributed by atoms with van der Waals surface area (Å²) in [5.41, 5.74) is 2.81. The summed E-state index contributed by atoms with van der Waals surface area (Å²) in [7, 11) is 1.62. The fourth-order valence-electron chi connectivity index (χ4n) is 3.71. The van der Waals surface area contributed by atoms with Crippen LogP contribution in [0.15, 0.2) is 60.9 Å². The highest BCUT2D eigenvalue weighted by Gasteiger charge is 2.21. The second-order valence-corrected chi connectivity index (χ2v) is 7.21. The number of hydrogen-bond donors (Lipinski definition) is 3. The molecule has 2 aromatic carbocycles. The van der Waals surface area contributed by atoms with Crippen LogP contribution in [-0.4, -0.2) is 39.7 Å². The standard InChI is InChI=1S/C23H23N3O4/c1-30-17-6-7-21-15(12-17)8-10-26(21)11-9-22(27)25-20(23(28)29)13-16-14-24-19-5-3-2-4-18(16)19/h2-8,10,12,14,20,24H,9,11,13H2,1H3,(H,25,27)(H,28,29). The molecule has 1 amide bonds. The molecule has 2 heterocycles. The average Bonchev–Trinajstić information content (AvgIpc) is 3.35. The van der Waals surface area contributed by atoms with Crippen molar-refractivity contribution >= 4 is 33.7 Å². The van der Waals surface area contributed by atoms with Crippen LogP contribution in [0.4, 0.5) is 0 Å². The molecule has 7 nitrogen and oxygen atoms in total. The van der Waals surface area contributed by atoms with Crippen molar-refractivity contribution in [2.75, 3.05) is 7.11 Å². The highest BCUT2D eigenvalue weighted by molar-refractivity contribution is 5.87. The van der Waals surface area contributed by atoms with Gasteiger partial charge in [-0.15, -0.1) is 0 Å². The van der Waals surface area contributed by atoms with Gasteiger partial charge < -0.3 is 24.7 Å². The summed E-state index contributed by atoms with van der Waals surface area (Å²) in [5.74, 6) is -0.565. The van der Waals surface area contributed by atoms with E-state index in [1.807, 2.05) is 59.3 Å². The molecule has 4 rings (SSSR count). The van der Waals surface area contributed by atoms with Gasteiger partial charge in [0.25, 0.3) is 0 Å². The molecule has 3 N–H and O–H groups in total. The first-order chi connectivity index (χ1) is 14.5. The van der Waals surface area contributed by atoms with Crippen molar-refractivity contribution in [2.24, 2.45) is 0 Å². The number of ether oxygens (including phenoxy) is 1. The molecule has 4 aromatic rings. The van der Waals surface area contributed by atoms with E-state index in [4.69, 9.17) is 4.74 Å². The third kappa shape index (κ3) is 4.00. The zero-order valence-electron chi connectivity index (χ0n) is 16.6. The van der Waals surface area contributed by atoms with Gasteiger partial charge in [0.2, 0.25) is 5.91 Å². The van der Waals surface area contributed by atoms with E-state index in [2.05, 4.69) is 10.3 Å². The lowest BCUT2D eigenvalue weighted by Crippen LogP contribution is -2.42. The van der Waals surface area contributed by atoms with Crippen LogP contribution in [0, 0.1) is 0 Å². The Bertz CT molecular complexity index is 1210. The molecule has 0 aliphatic carbocycles. The van der Waals surface area contributed by atoms with Crippen molar-refractivity contribution in [2.45, 2.75) is 25.4 Å². The van der Waals surface area contributed by atoms with Gasteiger partial charge in [-0.1, -0.05) is 18.2 Å². The molecule has 0 saturated heterocycles. The number of carboxylic acids is 1. The van der Waals surface area contributed by atoms with Crippen LogP contribution < -0.4 is 10.1 Å². The van der Waals surface area contributed by atoms with E-state index < -0.39 is 12.0 Å². The molecule has 1 atom stereocenters. The number of aliphatic carboxylic acids is 1. The maximum atomic E-state index is 12.5. The van der Waals surface area contributed by atoms with Gasteiger partial charge in [-0.2, -0.15) is 0 Å². The Kier molecular flexibility index (Phi) is 5.43. The van der Waals surface area contributed by atoms with Crippen LogP contribution in [0.25, 0.3) is 21.8 Å². The number of carboxylic acid groups (broad SMARTS) is 1. The molecule has 7 heteroatoms. The lowest BCUT2D eigenvalue weighted by Gasteiger charge is -2.15. The molecule has 1 unspecified atom stereocenters. The Labute approximate surface area is 173 Å². The molecule has 30 heavy (non-hydrogen) atoms. The van der Waals surface area contributed by atoms with Crippen LogP contribution >= 0.6 is 0 Å². The quantitative estimate of drug-likeness (QED) is 0.419. The fraction of sp³-hybridized carbons (Fsp3) is 0.217. The highest BCUT2D eigenvalue weighted by Crippen LogP contribution is 2.22. The van der Waals surface area contributed by atoms with Gasteiger partial charge >= 0.3 is 5.97 Å². The van der Waals surface area contributed by atoms with Crippen molar-refractivity contribution in [3.05, 3.63) is 66.5 Å². The van der Waals surface area contributed by atoms with Gasteiger partial charge in [0.15, 0.2) is 0 Å². The number of carbonyl (C=O) groups excluding carboxylic acids is 1. The number of aromatic nitrogens is 2. The zero-order valence-corrected chi connectivity index (χ0v) is 16.6. The number of hydrogen-bond acceptors (Lipinski definition) is 3. The predicted molar refractivity (Wildman–Crippen MR) is 115 cm³/mol. The number of methoxy groups -OCH3 is 1. The summed E-state index contributed by atoms with van der Waals surface area (Å²) in [5, 5.41) is 14.2. The van der Waals surface area contributed by atoms with Crippen molar-refractivity contribution < 1.29 is 19.4 Å². The molecule has 2 aromatic heterocycles. The van der Waals surface area contributed by atoms with E-state index in [0.717, 1.165) is 33.1 Å². The molecule has 0 fully saturated rings. The number of nitrogens with zero attached hydrogens (tertiary/aromatic N) is 1. The minimum Gasteiger partial charge on any atom is -0.497 e. The summed E-state index contributed by atoms with van der Waals surface area (Å²) in [6.45, 7) is 0.459. The average molecular weight is 405 g/mol. The maximum absolute atomic E-state index is 12.5. The van der Waals surface area contributed by atoms with Gasteiger partial charge in [0.05, 0.1) is 7.11 Å². The molecule has 0 bridgehead atoms.